The van der Waals surface area contributed by atoms with E-state index < -0.39 is 5.60 Å². The van der Waals surface area contributed by atoms with Gasteiger partial charge in [0.05, 0.1) is 0 Å². The topological polar surface area (TPSA) is 58.8 Å². The van der Waals surface area contributed by atoms with Gasteiger partial charge in [-0.15, -0.1) is 0 Å². The Morgan fingerprint density at radius 2 is 1.64 bits per heavy atom. The zero-order valence-corrected chi connectivity index (χ0v) is 21.4. The van der Waals surface area contributed by atoms with Crippen molar-refractivity contribution in [2.45, 2.75) is 58.3 Å². The molecule has 0 spiro atoms. The van der Waals surface area contributed by atoms with E-state index >= 15 is 0 Å². The lowest BCUT2D eigenvalue weighted by molar-refractivity contribution is 0.0198. The normalized spacial score (nSPS) is 15.8. The van der Waals surface area contributed by atoms with Gasteiger partial charge >= 0.3 is 6.09 Å². The fourth-order valence-corrected chi connectivity index (χ4v) is 4.65. The van der Waals surface area contributed by atoms with Crippen molar-refractivity contribution in [2.24, 2.45) is 0 Å². The number of fused-ring (bicyclic) bond motifs is 1. The highest BCUT2D eigenvalue weighted by molar-refractivity contribution is 5.68. The first-order valence-corrected chi connectivity index (χ1v) is 12.5. The Hall–Kier alpha value is -3.38. The molecule has 1 unspecified atom stereocenters. The lowest BCUT2D eigenvalue weighted by atomic mass is 9.90. The van der Waals surface area contributed by atoms with Gasteiger partial charge in [-0.25, -0.2) is 9.18 Å². The van der Waals surface area contributed by atoms with Crippen molar-refractivity contribution >= 4 is 11.8 Å². The van der Waals surface area contributed by atoms with Crippen molar-refractivity contribution < 1.29 is 13.9 Å². The molecule has 0 aliphatic carbocycles. The van der Waals surface area contributed by atoms with E-state index in [9.17, 15) is 9.18 Å². The summed E-state index contributed by atoms with van der Waals surface area (Å²) >= 11 is 0. The van der Waals surface area contributed by atoms with Crippen LogP contribution in [0.3, 0.4) is 0 Å². The molecule has 4 rings (SSSR count). The zero-order chi connectivity index (χ0) is 25.7. The molecule has 3 aromatic carbocycles. The van der Waals surface area contributed by atoms with Crippen molar-refractivity contribution in [3.05, 3.63) is 101 Å². The minimum atomic E-state index is -0.578. The first kappa shape index (κ1) is 25.7. The fourth-order valence-electron chi connectivity index (χ4n) is 4.65. The highest BCUT2D eigenvalue weighted by Gasteiger charge is 2.28. The van der Waals surface area contributed by atoms with Crippen LogP contribution in [0.2, 0.25) is 0 Å². The number of carbonyl (C=O) groups excluding carboxylic acids is 1. The lowest BCUT2D eigenvalue weighted by Gasteiger charge is -2.38. The molecule has 0 bridgehead atoms. The molecule has 1 amide bonds. The number of benzene rings is 3. The summed E-state index contributed by atoms with van der Waals surface area (Å²) in [7, 11) is 0. The van der Waals surface area contributed by atoms with Gasteiger partial charge in [0.25, 0.3) is 0 Å². The van der Waals surface area contributed by atoms with E-state index in [0.29, 0.717) is 25.3 Å². The summed E-state index contributed by atoms with van der Waals surface area (Å²) in [6.45, 7) is 8.13. The molecule has 1 heterocycles. The molecule has 1 aliphatic heterocycles. The molecule has 0 radical (unpaired) electrons. The summed E-state index contributed by atoms with van der Waals surface area (Å²) in [4.78, 5) is 17.3. The molecule has 6 heteroatoms. The minimum Gasteiger partial charge on any atom is -0.444 e. The molecule has 5 nitrogen and oxygen atoms in total. The molecule has 1 aliphatic rings. The van der Waals surface area contributed by atoms with Crippen LogP contribution in [0.4, 0.5) is 14.9 Å². The minimum absolute atomic E-state index is 0.222. The maximum absolute atomic E-state index is 13.5. The summed E-state index contributed by atoms with van der Waals surface area (Å²) in [6.07, 6.45) is 1.41. The second-order valence-electron chi connectivity index (χ2n) is 10.6. The Balaban J connectivity index is 1.52. The van der Waals surface area contributed by atoms with Crippen LogP contribution in [0.5, 0.6) is 0 Å². The van der Waals surface area contributed by atoms with E-state index in [4.69, 9.17) is 10.5 Å². The third-order valence-corrected chi connectivity index (χ3v) is 6.51. The largest absolute Gasteiger partial charge is 0.444 e. The van der Waals surface area contributed by atoms with Gasteiger partial charge in [-0.1, -0.05) is 48.5 Å². The van der Waals surface area contributed by atoms with Crippen LogP contribution in [-0.4, -0.2) is 40.6 Å². The number of carbonyl (C=O) groups is 1. The molecule has 36 heavy (non-hydrogen) atoms. The molecule has 190 valence electrons. The summed E-state index contributed by atoms with van der Waals surface area (Å²) in [5, 5.41) is 0. The van der Waals surface area contributed by atoms with Crippen molar-refractivity contribution in [1.29, 1.82) is 0 Å². The van der Waals surface area contributed by atoms with Gasteiger partial charge < -0.3 is 15.4 Å². The Morgan fingerprint density at radius 1 is 1.00 bits per heavy atom. The Morgan fingerprint density at radius 3 is 2.31 bits per heavy atom. The Labute approximate surface area is 213 Å². The van der Waals surface area contributed by atoms with E-state index in [1.165, 1.54) is 23.3 Å². The maximum Gasteiger partial charge on any atom is 0.410 e. The van der Waals surface area contributed by atoms with Crippen molar-refractivity contribution in [3.63, 3.8) is 0 Å². The number of amides is 1. The predicted octanol–water partition coefficient (Wildman–Crippen LogP) is 5.81. The SMILES string of the molecule is CC(C)(C)OC(=O)N(CCN1Cc2ccccc2CC1Cc1ccc(F)cc1)Cc1ccc(N)cc1. The number of nitrogens with two attached hydrogens (primary N) is 1. The highest BCUT2D eigenvalue weighted by Crippen LogP contribution is 2.26. The smallest absolute Gasteiger partial charge is 0.410 e. The van der Waals surface area contributed by atoms with Crippen LogP contribution >= 0.6 is 0 Å². The molecule has 0 aromatic heterocycles. The standard InChI is InChI=1S/C30H36FN3O2/c1-30(2,3)36-29(35)34(20-23-10-14-27(32)15-11-23)17-16-33-21-25-7-5-4-6-24(25)19-28(33)18-22-8-12-26(31)13-9-22/h4-15,28H,16-21,32H2,1-3H3. The van der Waals surface area contributed by atoms with Crippen LogP contribution in [0, 0.1) is 5.82 Å². The third kappa shape index (κ3) is 7.08. The van der Waals surface area contributed by atoms with Gasteiger partial charge in [-0.3, -0.25) is 4.90 Å². The fraction of sp³-hybridized carbons (Fsp3) is 0.367. The summed E-state index contributed by atoms with van der Waals surface area (Å²) in [5.41, 5.74) is 10.7. The van der Waals surface area contributed by atoms with Crippen molar-refractivity contribution in [3.8, 4) is 0 Å². The van der Waals surface area contributed by atoms with Gasteiger partial charge in [-0.2, -0.15) is 0 Å². The van der Waals surface area contributed by atoms with Crippen molar-refractivity contribution in [2.75, 3.05) is 18.8 Å². The van der Waals surface area contributed by atoms with Gasteiger partial charge in [0.2, 0.25) is 0 Å². The number of ether oxygens (including phenoxy) is 1. The van der Waals surface area contributed by atoms with Gasteiger partial charge in [0, 0.05) is 37.9 Å². The average Bonchev–Trinajstić information content (AvgIpc) is 2.83. The van der Waals surface area contributed by atoms with Crippen molar-refractivity contribution in [1.82, 2.24) is 9.80 Å². The van der Waals surface area contributed by atoms with Gasteiger partial charge in [0.15, 0.2) is 0 Å². The van der Waals surface area contributed by atoms with E-state index in [1.54, 1.807) is 4.90 Å². The highest BCUT2D eigenvalue weighted by atomic mass is 19.1. The van der Waals surface area contributed by atoms with Gasteiger partial charge in [0.1, 0.15) is 11.4 Å². The van der Waals surface area contributed by atoms with E-state index in [1.807, 2.05) is 57.2 Å². The van der Waals surface area contributed by atoms with E-state index in [2.05, 4.69) is 29.2 Å². The number of hydrogen-bond acceptors (Lipinski definition) is 4. The quantitative estimate of drug-likeness (QED) is 0.425. The average molecular weight is 490 g/mol. The summed E-state index contributed by atoms with van der Waals surface area (Å²) in [5.74, 6) is -0.222. The van der Waals surface area contributed by atoms with E-state index in [0.717, 1.165) is 30.5 Å². The van der Waals surface area contributed by atoms with Crippen LogP contribution in [0.1, 0.15) is 43.0 Å². The Bertz CT molecular complexity index is 1160. The molecule has 1 atom stereocenters. The lowest BCUT2D eigenvalue weighted by Crippen LogP contribution is -2.47. The number of rotatable bonds is 7. The molecular weight excluding hydrogens is 453 g/mol. The van der Waals surface area contributed by atoms with Gasteiger partial charge in [-0.05, 0) is 80.1 Å². The van der Waals surface area contributed by atoms with E-state index in [-0.39, 0.29) is 18.0 Å². The van der Waals surface area contributed by atoms with Crippen LogP contribution in [0.25, 0.3) is 0 Å². The van der Waals surface area contributed by atoms with Crippen LogP contribution in [-0.2, 0) is 30.7 Å². The van der Waals surface area contributed by atoms with Crippen LogP contribution < -0.4 is 5.73 Å². The zero-order valence-electron chi connectivity index (χ0n) is 21.4. The summed E-state index contributed by atoms with van der Waals surface area (Å²) in [6, 6.07) is 23.1. The monoisotopic (exact) mass is 489 g/mol. The molecule has 2 N–H and O–H groups in total. The molecular formula is C30H36FN3O2. The molecule has 0 saturated heterocycles. The first-order valence-electron chi connectivity index (χ1n) is 12.5. The predicted molar refractivity (Wildman–Crippen MR) is 142 cm³/mol. The number of halogens is 1. The maximum atomic E-state index is 13.5. The summed E-state index contributed by atoms with van der Waals surface area (Å²) < 4.78 is 19.2. The number of nitrogen functional groups attached to an aromatic ring is 1. The second kappa shape index (κ2) is 11.1. The molecule has 3 aromatic rings. The Kier molecular flexibility index (Phi) is 7.94. The molecule has 0 fully saturated rings. The molecule has 0 saturated carbocycles. The number of hydrogen-bond donors (Lipinski definition) is 1. The third-order valence-electron chi connectivity index (χ3n) is 6.51. The number of anilines is 1. The first-order chi connectivity index (χ1) is 17.2. The van der Waals surface area contributed by atoms with Crippen LogP contribution in [0.15, 0.2) is 72.8 Å². The second-order valence-corrected chi connectivity index (χ2v) is 10.6. The number of nitrogens with zero attached hydrogens (tertiary/aromatic N) is 2.